The standard InChI is InChI=1S/C18H26FN5O.HI/c1-3-21-18(22-9-6-11-24-12-10-20-14-24)23-13-15(2)25-17-8-5-4-7-16(17)19;/h4-5,7-8,10,12,14-15H,3,6,9,11,13H2,1-2H3,(H2,21,22,23);1H. The van der Waals surface area contributed by atoms with E-state index in [-0.39, 0.29) is 41.6 Å². The molecule has 2 N–H and O–H groups in total. The second-order valence-corrected chi connectivity index (χ2v) is 5.66. The number of hydrogen-bond acceptors (Lipinski definition) is 3. The maximum absolute atomic E-state index is 13.6. The molecule has 0 amide bonds. The smallest absolute Gasteiger partial charge is 0.191 e. The zero-order chi connectivity index (χ0) is 17.9. The van der Waals surface area contributed by atoms with Gasteiger partial charge in [-0.1, -0.05) is 12.1 Å². The summed E-state index contributed by atoms with van der Waals surface area (Å²) in [7, 11) is 0. The SMILES string of the molecule is CCNC(=NCC(C)Oc1ccccc1F)NCCCn1ccnc1.I. The molecule has 144 valence electrons. The van der Waals surface area contributed by atoms with Gasteiger partial charge in [0.05, 0.1) is 12.9 Å². The zero-order valence-corrected chi connectivity index (χ0v) is 17.5. The second kappa shape index (κ2) is 12.5. The van der Waals surface area contributed by atoms with Gasteiger partial charge in [-0.05, 0) is 32.4 Å². The first-order valence-corrected chi connectivity index (χ1v) is 8.58. The molecule has 0 radical (unpaired) electrons. The van der Waals surface area contributed by atoms with E-state index in [0.717, 1.165) is 32.0 Å². The van der Waals surface area contributed by atoms with E-state index < -0.39 is 0 Å². The molecule has 1 aromatic heterocycles. The number of aromatic nitrogens is 2. The Morgan fingerprint density at radius 2 is 2.15 bits per heavy atom. The summed E-state index contributed by atoms with van der Waals surface area (Å²) < 4.78 is 21.2. The van der Waals surface area contributed by atoms with Crippen molar-refractivity contribution in [2.45, 2.75) is 32.9 Å². The quantitative estimate of drug-likeness (QED) is 0.253. The predicted octanol–water partition coefficient (Wildman–Crippen LogP) is 3.05. The van der Waals surface area contributed by atoms with Crippen molar-refractivity contribution in [1.29, 1.82) is 0 Å². The molecular weight excluding hydrogens is 448 g/mol. The van der Waals surface area contributed by atoms with Crippen LogP contribution in [0.4, 0.5) is 4.39 Å². The van der Waals surface area contributed by atoms with Crippen LogP contribution in [0.5, 0.6) is 5.75 Å². The Morgan fingerprint density at radius 3 is 2.85 bits per heavy atom. The van der Waals surface area contributed by atoms with Crippen molar-refractivity contribution in [1.82, 2.24) is 20.2 Å². The molecule has 2 aromatic rings. The highest BCUT2D eigenvalue weighted by atomic mass is 127. The van der Waals surface area contributed by atoms with Crippen LogP contribution < -0.4 is 15.4 Å². The number of ether oxygens (including phenoxy) is 1. The van der Waals surface area contributed by atoms with Crippen molar-refractivity contribution >= 4 is 29.9 Å². The highest BCUT2D eigenvalue weighted by Gasteiger charge is 2.08. The Bertz CT molecular complexity index is 651. The zero-order valence-electron chi connectivity index (χ0n) is 15.2. The van der Waals surface area contributed by atoms with E-state index in [1.165, 1.54) is 6.07 Å². The molecular formula is C18H27FIN5O. The van der Waals surface area contributed by atoms with Crippen LogP contribution in [0.1, 0.15) is 20.3 Å². The maximum atomic E-state index is 13.6. The summed E-state index contributed by atoms with van der Waals surface area (Å²) in [5.41, 5.74) is 0. The molecule has 1 heterocycles. The number of para-hydroxylation sites is 1. The van der Waals surface area contributed by atoms with Gasteiger partial charge >= 0.3 is 0 Å². The van der Waals surface area contributed by atoms with Crippen LogP contribution in [-0.2, 0) is 6.54 Å². The van der Waals surface area contributed by atoms with Gasteiger partial charge in [0.2, 0.25) is 0 Å². The molecule has 2 rings (SSSR count). The number of hydrogen-bond donors (Lipinski definition) is 2. The van der Waals surface area contributed by atoms with Gasteiger partial charge in [-0.25, -0.2) is 14.4 Å². The lowest BCUT2D eigenvalue weighted by Crippen LogP contribution is -2.38. The van der Waals surface area contributed by atoms with Crippen LogP contribution in [-0.4, -0.2) is 41.2 Å². The van der Waals surface area contributed by atoms with Crippen LogP contribution in [0.2, 0.25) is 0 Å². The van der Waals surface area contributed by atoms with Crippen molar-refractivity contribution in [3.8, 4) is 5.75 Å². The lowest BCUT2D eigenvalue weighted by atomic mass is 10.3. The first-order chi connectivity index (χ1) is 12.2. The van der Waals surface area contributed by atoms with Crippen molar-refractivity contribution in [3.05, 3.63) is 48.8 Å². The predicted molar refractivity (Wildman–Crippen MR) is 113 cm³/mol. The largest absolute Gasteiger partial charge is 0.486 e. The number of aryl methyl sites for hydroxylation is 1. The fraction of sp³-hybridized carbons (Fsp3) is 0.444. The van der Waals surface area contributed by atoms with E-state index in [0.29, 0.717) is 6.54 Å². The van der Waals surface area contributed by atoms with E-state index in [4.69, 9.17) is 4.74 Å². The molecule has 6 nitrogen and oxygen atoms in total. The van der Waals surface area contributed by atoms with E-state index in [1.807, 2.05) is 24.6 Å². The monoisotopic (exact) mass is 475 g/mol. The highest BCUT2D eigenvalue weighted by molar-refractivity contribution is 14.0. The van der Waals surface area contributed by atoms with Crippen LogP contribution in [0, 0.1) is 5.82 Å². The van der Waals surface area contributed by atoms with E-state index in [9.17, 15) is 4.39 Å². The summed E-state index contributed by atoms with van der Waals surface area (Å²) in [6.45, 7) is 6.80. The van der Waals surface area contributed by atoms with Gasteiger partial charge in [-0.2, -0.15) is 0 Å². The van der Waals surface area contributed by atoms with Crippen molar-refractivity contribution in [3.63, 3.8) is 0 Å². The van der Waals surface area contributed by atoms with E-state index >= 15 is 0 Å². The molecule has 0 aliphatic rings. The van der Waals surface area contributed by atoms with E-state index in [2.05, 4.69) is 20.6 Å². The number of imidazole rings is 1. The Balaban J connectivity index is 0.00000338. The molecule has 0 saturated heterocycles. The molecule has 0 fully saturated rings. The lowest BCUT2D eigenvalue weighted by Gasteiger charge is -2.15. The highest BCUT2D eigenvalue weighted by Crippen LogP contribution is 2.16. The van der Waals surface area contributed by atoms with Gasteiger partial charge in [0.15, 0.2) is 17.5 Å². The minimum absolute atomic E-state index is 0. The molecule has 1 unspecified atom stereocenters. The van der Waals surface area contributed by atoms with E-state index in [1.54, 1.807) is 30.7 Å². The summed E-state index contributed by atoms with van der Waals surface area (Å²) in [4.78, 5) is 8.52. The first kappa shape index (κ1) is 22.2. The summed E-state index contributed by atoms with van der Waals surface area (Å²) in [5.74, 6) is 0.628. The number of aliphatic imine (C=N–C) groups is 1. The molecule has 0 aliphatic carbocycles. The fourth-order valence-electron chi connectivity index (χ4n) is 2.24. The third kappa shape index (κ3) is 8.03. The molecule has 0 saturated carbocycles. The van der Waals surface area contributed by atoms with Crippen molar-refractivity contribution in [2.24, 2.45) is 4.99 Å². The molecule has 1 aromatic carbocycles. The summed E-state index contributed by atoms with van der Waals surface area (Å²) >= 11 is 0. The Morgan fingerprint density at radius 1 is 1.35 bits per heavy atom. The first-order valence-electron chi connectivity index (χ1n) is 8.58. The van der Waals surface area contributed by atoms with Crippen LogP contribution >= 0.6 is 24.0 Å². The Kier molecular flexibility index (Phi) is 10.7. The topological polar surface area (TPSA) is 63.5 Å². The van der Waals surface area contributed by atoms with Crippen LogP contribution in [0.25, 0.3) is 0 Å². The van der Waals surface area contributed by atoms with Crippen LogP contribution in [0.15, 0.2) is 48.0 Å². The number of guanidine groups is 1. The average Bonchev–Trinajstić information content (AvgIpc) is 3.12. The van der Waals surface area contributed by atoms with Gasteiger partial charge in [-0.15, -0.1) is 24.0 Å². The van der Waals surface area contributed by atoms with Crippen molar-refractivity contribution < 1.29 is 9.13 Å². The summed E-state index contributed by atoms with van der Waals surface area (Å²) in [5, 5.41) is 6.49. The Hall–Kier alpha value is -1.84. The molecule has 0 spiro atoms. The molecule has 0 bridgehead atoms. The normalized spacial score (nSPS) is 12.2. The molecule has 26 heavy (non-hydrogen) atoms. The lowest BCUT2D eigenvalue weighted by molar-refractivity contribution is 0.220. The van der Waals surface area contributed by atoms with Gasteiger partial charge in [0.25, 0.3) is 0 Å². The van der Waals surface area contributed by atoms with Gasteiger partial charge in [-0.3, -0.25) is 0 Å². The molecule has 1 atom stereocenters. The number of nitrogens with zero attached hydrogens (tertiary/aromatic N) is 3. The molecule has 0 aliphatic heterocycles. The summed E-state index contributed by atoms with van der Waals surface area (Å²) in [6.07, 6.45) is 6.26. The van der Waals surface area contributed by atoms with Crippen molar-refractivity contribution in [2.75, 3.05) is 19.6 Å². The Labute approximate surface area is 171 Å². The number of benzene rings is 1. The van der Waals surface area contributed by atoms with Gasteiger partial charge in [0, 0.05) is 32.0 Å². The third-order valence-corrected chi connectivity index (χ3v) is 3.46. The minimum atomic E-state index is -0.358. The average molecular weight is 475 g/mol. The van der Waals surface area contributed by atoms with Crippen LogP contribution in [0.3, 0.4) is 0 Å². The minimum Gasteiger partial charge on any atom is -0.486 e. The molecule has 8 heteroatoms. The summed E-state index contributed by atoms with van der Waals surface area (Å²) in [6, 6.07) is 6.40. The van der Waals surface area contributed by atoms with Gasteiger partial charge in [0.1, 0.15) is 6.10 Å². The second-order valence-electron chi connectivity index (χ2n) is 5.66. The maximum Gasteiger partial charge on any atom is 0.191 e. The number of rotatable bonds is 9. The number of halogens is 2. The number of nitrogens with one attached hydrogen (secondary N) is 2. The third-order valence-electron chi connectivity index (χ3n) is 3.46. The fourth-order valence-corrected chi connectivity index (χ4v) is 2.24. The van der Waals surface area contributed by atoms with Gasteiger partial charge < -0.3 is 19.9 Å².